The monoisotopic (exact) mass is 226 g/mol. The molecular formula is C11H22N4O. The first-order valence-electron chi connectivity index (χ1n) is 6.10. The molecule has 5 heteroatoms. The Morgan fingerprint density at radius 1 is 1.31 bits per heavy atom. The van der Waals surface area contributed by atoms with E-state index >= 15 is 0 Å². The second kappa shape index (κ2) is 5.01. The van der Waals surface area contributed by atoms with E-state index in [0.717, 1.165) is 18.8 Å². The van der Waals surface area contributed by atoms with Crippen molar-refractivity contribution in [3.05, 3.63) is 0 Å². The third-order valence-electron chi connectivity index (χ3n) is 3.69. The van der Waals surface area contributed by atoms with Crippen molar-refractivity contribution >= 4 is 6.03 Å². The largest absolute Gasteiger partial charge is 0.352 e. The Bertz CT molecular complexity index is 244. The first-order chi connectivity index (χ1) is 7.63. The molecule has 0 radical (unpaired) electrons. The van der Waals surface area contributed by atoms with Crippen molar-refractivity contribution in [2.24, 2.45) is 11.7 Å². The van der Waals surface area contributed by atoms with Gasteiger partial charge in [0.25, 0.3) is 0 Å². The van der Waals surface area contributed by atoms with Gasteiger partial charge in [0, 0.05) is 38.8 Å². The van der Waals surface area contributed by atoms with Gasteiger partial charge in [-0.05, 0) is 25.8 Å². The minimum Gasteiger partial charge on any atom is -0.352 e. The number of piperazine rings is 1. The molecule has 1 saturated heterocycles. The molecule has 0 aromatic heterocycles. The summed E-state index contributed by atoms with van der Waals surface area (Å²) in [5, 5.41) is 2.77. The standard InChI is InChI=1S/C11H22N4O/c1-14-2-4-15(5-3-14)8-9-6-10(7-9)13-11(12)16/h9-10H,2-8H2,1H3,(H3,12,13,16)/t9-,10-. The summed E-state index contributed by atoms with van der Waals surface area (Å²) >= 11 is 0. The normalized spacial score (nSPS) is 32.1. The number of urea groups is 1. The van der Waals surface area contributed by atoms with Crippen molar-refractivity contribution in [2.75, 3.05) is 39.8 Å². The molecule has 2 aliphatic rings. The summed E-state index contributed by atoms with van der Waals surface area (Å²) in [7, 11) is 2.17. The van der Waals surface area contributed by atoms with E-state index in [0.29, 0.717) is 6.04 Å². The van der Waals surface area contributed by atoms with Crippen LogP contribution >= 0.6 is 0 Å². The lowest BCUT2D eigenvalue weighted by Gasteiger charge is -2.41. The van der Waals surface area contributed by atoms with Crippen LogP contribution < -0.4 is 11.1 Å². The van der Waals surface area contributed by atoms with Crippen molar-refractivity contribution in [3.63, 3.8) is 0 Å². The Kier molecular flexibility index (Phi) is 3.66. The number of nitrogens with one attached hydrogen (secondary N) is 1. The summed E-state index contributed by atoms with van der Waals surface area (Å²) in [6, 6.07) is -0.0574. The van der Waals surface area contributed by atoms with Gasteiger partial charge >= 0.3 is 6.03 Å². The highest BCUT2D eigenvalue weighted by Gasteiger charge is 2.31. The molecule has 0 bridgehead atoms. The van der Waals surface area contributed by atoms with E-state index in [1.54, 1.807) is 0 Å². The van der Waals surface area contributed by atoms with Crippen molar-refractivity contribution in [2.45, 2.75) is 18.9 Å². The predicted octanol–water partition coefficient (Wildman–Crippen LogP) is -0.319. The molecule has 0 unspecified atom stereocenters. The molecule has 0 aromatic rings. The van der Waals surface area contributed by atoms with Gasteiger partial charge in [-0.15, -0.1) is 0 Å². The summed E-state index contributed by atoms with van der Waals surface area (Å²) in [5.41, 5.74) is 5.08. The maximum absolute atomic E-state index is 10.6. The van der Waals surface area contributed by atoms with Crippen LogP contribution in [0.15, 0.2) is 0 Å². The second-order valence-electron chi connectivity index (χ2n) is 5.15. The Balaban J connectivity index is 1.60. The number of rotatable bonds is 3. The summed E-state index contributed by atoms with van der Waals surface area (Å²) < 4.78 is 0. The lowest BCUT2D eigenvalue weighted by atomic mass is 9.80. The third-order valence-corrected chi connectivity index (χ3v) is 3.69. The van der Waals surface area contributed by atoms with Crippen LogP contribution in [-0.2, 0) is 0 Å². The van der Waals surface area contributed by atoms with Gasteiger partial charge in [-0.1, -0.05) is 0 Å². The molecule has 1 heterocycles. The van der Waals surface area contributed by atoms with Crippen molar-refractivity contribution in [3.8, 4) is 0 Å². The SMILES string of the molecule is CN1CCN(C[C@H]2C[C@H](NC(N)=O)C2)CC1. The smallest absolute Gasteiger partial charge is 0.312 e. The summed E-state index contributed by atoms with van der Waals surface area (Å²) in [5.74, 6) is 0.750. The van der Waals surface area contributed by atoms with E-state index in [1.807, 2.05) is 0 Å². The van der Waals surface area contributed by atoms with Crippen molar-refractivity contribution in [1.82, 2.24) is 15.1 Å². The van der Waals surface area contributed by atoms with Crippen LogP contribution in [0.2, 0.25) is 0 Å². The maximum Gasteiger partial charge on any atom is 0.312 e. The highest BCUT2D eigenvalue weighted by atomic mass is 16.2. The molecule has 1 aliphatic carbocycles. The van der Waals surface area contributed by atoms with E-state index in [2.05, 4.69) is 22.2 Å². The quantitative estimate of drug-likeness (QED) is 0.693. The van der Waals surface area contributed by atoms with Gasteiger partial charge in [-0.2, -0.15) is 0 Å². The highest BCUT2D eigenvalue weighted by molar-refractivity contribution is 5.72. The van der Waals surface area contributed by atoms with Crippen LogP contribution in [-0.4, -0.2) is 61.6 Å². The summed E-state index contributed by atoms with van der Waals surface area (Å²) in [6.45, 7) is 5.90. The third kappa shape index (κ3) is 3.09. The van der Waals surface area contributed by atoms with E-state index < -0.39 is 0 Å². The molecule has 2 fully saturated rings. The molecule has 92 valence electrons. The van der Waals surface area contributed by atoms with E-state index in [9.17, 15) is 4.79 Å². The zero-order valence-corrected chi connectivity index (χ0v) is 9.98. The van der Waals surface area contributed by atoms with Crippen molar-refractivity contribution < 1.29 is 4.79 Å². The molecule has 5 nitrogen and oxygen atoms in total. The number of carbonyl (C=O) groups is 1. The average Bonchev–Trinajstić information content (AvgIpc) is 2.17. The van der Waals surface area contributed by atoms with Crippen LogP contribution in [0, 0.1) is 5.92 Å². The highest BCUT2D eigenvalue weighted by Crippen LogP contribution is 2.28. The Labute approximate surface area is 96.9 Å². The number of primary amides is 1. The number of carbonyl (C=O) groups excluding carboxylic acids is 1. The summed E-state index contributed by atoms with van der Waals surface area (Å²) in [4.78, 5) is 15.5. The molecule has 2 rings (SSSR count). The van der Waals surface area contributed by atoms with Gasteiger partial charge in [0.1, 0.15) is 0 Å². The Morgan fingerprint density at radius 2 is 1.94 bits per heavy atom. The van der Waals surface area contributed by atoms with Crippen LogP contribution in [0.25, 0.3) is 0 Å². The molecule has 0 spiro atoms. The molecule has 3 N–H and O–H groups in total. The topological polar surface area (TPSA) is 61.6 Å². The van der Waals surface area contributed by atoms with Crippen LogP contribution in [0.1, 0.15) is 12.8 Å². The van der Waals surface area contributed by atoms with Gasteiger partial charge in [0.05, 0.1) is 0 Å². The molecule has 1 saturated carbocycles. The minimum absolute atomic E-state index is 0.329. The van der Waals surface area contributed by atoms with Crippen LogP contribution in [0.3, 0.4) is 0 Å². The van der Waals surface area contributed by atoms with Crippen LogP contribution in [0.4, 0.5) is 4.79 Å². The average molecular weight is 226 g/mol. The van der Waals surface area contributed by atoms with Crippen LogP contribution in [0.5, 0.6) is 0 Å². The zero-order valence-electron chi connectivity index (χ0n) is 9.98. The van der Waals surface area contributed by atoms with E-state index in [-0.39, 0.29) is 6.03 Å². The van der Waals surface area contributed by atoms with Gasteiger partial charge in [0.2, 0.25) is 0 Å². The second-order valence-corrected chi connectivity index (χ2v) is 5.15. The van der Waals surface area contributed by atoms with Gasteiger partial charge < -0.3 is 20.9 Å². The number of hydrogen-bond acceptors (Lipinski definition) is 3. The van der Waals surface area contributed by atoms with Crippen molar-refractivity contribution in [1.29, 1.82) is 0 Å². The number of nitrogens with zero attached hydrogens (tertiary/aromatic N) is 2. The zero-order chi connectivity index (χ0) is 11.5. The first kappa shape index (κ1) is 11.7. The molecule has 16 heavy (non-hydrogen) atoms. The molecule has 0 aromatic carbocycles. The molecule has 2 amide bonds. The maximum atomic E-state index is 10.6. The van der Waals surface area contributed by atoms with E-state index in [4.69, 9.17) is 5.73 Å². The first-order valence-corrected chi connectivity index (χ1v) is 6.10. The molecule has 0 atom stereocenters. The fraction of sp³-hybridized carbons (Fsp3) is 0.909. The fourth-order valence-electron chi connectivity index (χ4n) is 2.60. The fourth-order valence-corrected chi connectivity index (χ4v) is 2.60. The summed E-state index contributed by atoms with van der Waals surface area (Å²) in [6.07, 6.45) is 2.19. The number of amides is 2. The minimum atomic E-state index is -0.386. The molecular weight excluding hydrogens is 204 g/mol. The van der Waals surface area contributed by atoms with Gasteiger partial charge in [-0.3, -0.25) is 0 Å². The Morgan fingerprint density at radius 3 is 2.50 bits per heavy atom. The van der Waals surface area contributed by atoms with Gasteiger partial charge in [0.15, 0.2) is 0 Å². The lowest BCUT2D eigenvalue weighted by Crippen LogP contribution is -2.52. The number of hydrogen-bond donors (Lipinski definition) is 2. The number of nitrogens with two attached hydrogens (primary N) is 1. The van der Waals surface area contributed by atoms with Gasteiger partial charge in [-0.25, -0.2) is 4.79 Å². The number of likely N-dealkylation sites (N-methyl/N-ethyl adjacent to an activating group) is 1. The lowest BCUT2D eigenvalue weighted by molar-refractivity contribution is 0.101. The molecule has 1 aliphatic heterocycles. The Hall–Kier alpha value is -0.810. The van der Waals surface area contributed by atoms with E-state index in [1.165, 1.54) is 32.7 Å². The predicted molar refractivity (Wildman–Crippen MR) is 63.2 cm³/mol.